The number of aromatic nitrogens is 1. The fourth-order valence-corrected chi connectivity index (χ4v) is 2.65. The summed E-state index contributed by atoms with van der Waals surface area (Å²) >= 11 is 0. The van der Waals surface area contributed by atoms with Crippen molar-refractivity contribution in [3.8, 4) is 0 Å². The molecular weight excluding hydrogens is 246 g/mol. The first kappa shape index (κ1) is 13.6. The molecule has 1 aliphatic carbocycles. The maximum absolute atomic E-state index is 12.0. The predicted octanol–water partition coefficient (Wildman–Crippen LogP) is 1.72. The SMILES string of the molecule is Cc1cc(C2CCCCC2)n(OCC(=O)O)c(=O)c1. The zero-order valence-corrected chi connectivity index (χ0v) is 11.1. The molecule has 5 heteroatoms. The standard InChI is InChI=1S/C14H19NO4/c1-10-7-12(11-5-3-2-4-6-11)15(13(16)8-10)19-9-14(17)18/h7-8,11H,2-6,9H2,1H3,(H,17,18). The van der Waals surface area contributed by atoms with Gasteiger partial charge in [0.25, 0.3) is 5.56 Å². The lowest BCUT2D eigenvalue weighted by Crippen LogP contribution is -2.33. The average molecular weight is 265 g/mol. The lowest BCUT2D eigenvalue weighted by Gasteiger charge is -2.24. The van der Waals surface area contributed by atoms with Gasteiger partial charge in [0.2, 0.25) is 6.61 Å². The monoisotopic (exact) mass is 265 g/mol. The average Bonchev–Trinajstić information content (AvgIpc) is 2.37. The largest absolute Gasteiger partial charge is 0.479 e. The third-order valence-corrected chi connectivity index (χ3v) is 3.50. The highest BCUT2D eigenvalue weighted by atomic mass is 16.7. The molecule has 0 spiro atoms. The fraction of sp³-hybridized carbons (Fsp3) is 0.571. The zero-order valence-electron chi connectivity index (χ0n) is 11.1. The third-order valence-electron chi connectivity index (χ3n) is 3.50. The Hall–Kier alpha value is -1.78. The fourth-order valence-electron chi connectivity index (χ4n) is 2.65. The topological polar surface area (TPSA) is 68.5 Å². The summed E-state index contributed by atoms with van der Waals surface area (Å²) < 4.78 is 1.16. The minimum atomic E-state index is -1.08. The number of hydrogen-bond donors (Lipinski definition) is 1. The highest BCUT2D eigenvalue weighted by molar-refractivity contribution is 5.68. The Bertz CT molecular complexity index is 515. The van der Waals surface area contributed by atoms with Crippen LogP contribution in [0.1, 0.15) is 49.3 Å². The van der Waals surface area contributed by atoms with Gasteiger partial charge in [0.1, 0.15) is 0 Å². The van der Waals surface area contributed by atoms with Crippen LogP contribution in [0.2, 0.25) is 0 Å². The minimum absolute atomic E-state index is 0.287. The molecule has 0 unspecified atom stereocenters. The summed E-state index contributed by atoms with van der Waals surface area (Å²) in [7, 11) is 0. The summed E-state index contributed by atoms with van der Waals surface area (Å²) in [6, 6.07) is 3.40. The smallest absolute Gasteiger partial charge is 0.344 e. The van der Waals surface area contributed by atoms with E-state index in [9.17, 15) is 9.59 Å². The van der Waals surface area contributed by atoms with E-state index in [1.807, 2.05) is 13.0 Å². The molecule has 104 valence electrons. The molecule has 1 aliphatic rings. The summed E-state index contributed by atoms with van der Waals surface area (Å²) in [6.07, 6.45) is 5.57. The van der Waals surface area contributed by atoms with Crippen LogP contribution in [0.3, 0.4) is 0 Å². The molecule has 1 aromatic heterocycles. The number of aryl methyl sites for hydroxylation is 1. The lowest BCUT2D eigenvalue weighted by atomic mass is 9.86. The Morgan fingerprint density at radius 1 is 1.37 bits per heavy atom. The molecule has 0 radical (unpaired) electrons. The number of nitrogens with zero attached hydrogens (tertiary/aromatic N) is 1. The number of carboxylic acid groups (broad SMARTS) is 1. The first-order chi connectivity index (χ1) is 9.08. The maximum Gasteiger partial charge on any atom is 0.344 e. The van der Waals surface area contributed by atoms with Crippen molar-refractivity contribution >= 4 is 5.97 Å². The van der Waals surface area contributed by atoms with Crippen LogP contribution in [-0.2, 0) is 4.79 Å². The van der Waals surface area contributed by atoms with E-state index in [-0.39, 0.29) is 11.5 Å². The molecule has 2 rings (SSSR count). The van der Waals surface area contributed by atoms with Crippen LogP contribution < -0.4 is 10.4 Å². The Balaban J connectivity index is 2.32. The lowest BCUT2D eigenvalue weighted by molar-refractivity contribution is -0.142. The summed E-state index contributed by atoms with van der Waals surface area (Å²) in [5, 5.41) is 8.68. The summed E-state index contributed by atoms with van der Waals surface area (Å²) in [5.74, 6) is -0.794. The molecule has 0 aromatic carbocycles. The van der Waals surface area contributed by atoms with Gasteiger partial charge in [0.15, 0.2) is 0 Å². The van der Waals surface area contributed by atoms with E-state index in [1.165, 1.54) is 12.5 Å². The molecule has 1 heterocycles. The van der Waals surface area contributed by atoms with E-state index < -0.39 is 12.6 Å². The van der Waals surface area contributed by atoms with Crippen molar-refractivity contribution in [1.29, 1.82) is 0 Å². The van der Waals surface area contributed by atoms with Crippen LogP contribution in [0, 0.1) is 6.92 Å². The number of hydrogen-bond acceptors (Lipinski definition) is 3. The Morgan fingerprint density at radius 3 is 2.68 bits per heavy atom. The summed E-state index contributed by atoms with van der Waals surface area (Å²) in [6.45, 7) is 1.37. The van der Waals surface area contributed by atoms with Gasteiger partial charge in [-0.2, -0.15) is 0 Å². The van der Waals surface area contributed by atoms with Crippen molar-refractivity contribution < 1.29 is 14.7 Å². The molecule has 0 aliphatic heterocycles. The molecule has 1 saturated carbocycles. The van der Waals surface area contributed by atoms with Gasteiger partial charge in [-0.25, -0.2) is 4.79 Å². The molecule has 0 atom stereocenters. The van der Waals surface area contributed by atoms with E-state index in [2.05, 4.69) is 0 Å². The number of pyridine rings is 1. The van der Waals surface area contributed by atoms with Crippen molar-refractivity contribution in [2.45, 2.75) is 44.9 Å². The third kappa shape index (κ3) is 3.36. The van der Waals surface area contributed by atoms with E-state index >= 15 is 0 Å². The van der Waals surface area contributed by atoms with E-state index in [1.54, 1.807) is 0 Å². The van der Waals surface area contributed by atoms with Crippen LogP contribution in [-0.4, -0.2) is 22.4 Å². The second-order valence-electron chi connectivity index (χ2n) is 5.09. The van der Waals surface area contributed by atoms with Gasteiger partial charge in [-0.15, -0.1) is 4.73 Å². The predicted molar refractivity (Wildman–Crippen MR) is 70.3 cm³/mol. The van der Waals surface area contributed by atoms with Gasteiger partial charge < -0.3 is 9.94 Å². The highest BCUT2D eigenvalue weighted by Gasteiger charge is 2.20. The van der Waals surface area contributed by atoms with Gasteiger partial charge in [0.05, 0.1) is 5.69 Å². The molecule has 0 saturated heterocycles. The summed E-state index contributed by atoms with van der Waals surface area (Å²) in [5.41, 5.74) is 1.41. The van der Waals surface area contributed by atoms with E-state index in [4.69, 9.17) is 9.94 Å². The number of carbonyl (C=O) groups is 1. The second-order valence-corrected chi connectivity index (χ2v) is 5.09. The van der Waals surface area contributed by atoms with Crippen molar-refractivity contribution in [3.05, 3.63) is 33.7 Å². The van der Waals surface area contributed by atoms with Crippen molar-refractivity contribution in [3.63, 3.8) is 0 Å². The Morgan fingerprint density at radius 2 is 2.05 bits per heavy atom. The van der Waals surface area contributed by atoms with Crippen LogP contribution >= 0.6 is 0 Å². The van der Waals surface area contributed by atoms with Gasteiger partial charge in [-0.3, -0.25) is 4.79 Å². The van der Waals surface area contributed by atoms with Crippen LogP contribution in [0.5, 0.6) is 0 Å². The molecule has 0 bridgehead atoms. The van der Waals surface area contributed by atoms with Gasteiger partial charge in [-0.05, 0) is 31.4 Å². The van der Waals surface area contributed by atoms with Crippen molar-refractivity contribution in [2.75, 3.05) is 6.61 Å². The van der Waals surface area contributed by atoms with Crippen LogP contribution in [0.4, 0.5) is 0 Å². The normalized spacial score (nSPS) is 16.3. The van der Waals surface area contributed by atoms with Crippen LogP contribution in [0.15, 0.2) is 16.9 Å². The maximum atomic E-state index is 12.0. The first-order valence-electron chi connectivity index (χ1n) is 6.66. The van der Waals surface area contributed by atoms with E-state index in [0.717, 1.165) is 41.7 Å². The second kappa shape index (κ2) is 5.91. The first-order valence-corrected chi connectivity index (χ1v) is 6.66. The van der Waals surface area contributed by atoms with Gasteiger partial charge >= 0.3 is 5.97 Å². The summed E-state index contributed by atoms with van der Waals surface area (Å²) in [4.78, 5) is 27.7. The molecule has 1 aromatic rings. The number of aliphatic carboxylic acids is 1. The zero-order chi connectivity index (χ0) is 13.8. The van der Waals surface area contributed by atoms with Crippen molar-refractivity contribution in [1.82, 2.24) is 4.73 Å². The number of carboxylic acids is 1. The van der Waals surface area contributed by atoms with Crippen LogP contribution in [0.25, 0.3) is 0 Å². The molecule has 1 N–H and O–H groups in total. The molecule has 19 heavy (non-hydrogen) atoms. The highest BCUT2D eigenvalue weighted by Crippen LogP contribution is 2.32. The molecule has 5 nitrogen and oxygen atoms in total. The Labute approximate surface area is 111 Å². The van der Waals surface area contributed by atoms with E-state index in [0.29, 0.717) is 0 Å². The quantitative estimate of drug-likeness (QED) is 0.900. The minimum Gasteiger partial charge on any atom is -0.479 e. The van der Waals surface area contributed by atoms with Crippen molar-refractivity contribution in [2.24, 2.45) is 0 Å². The molecular formula is C14H19NO4. The molecule has 0 amide bonds. The molecule has 1 fully saturated rings. The Kier molecular flexibility index (Phi) is 4.24. The number of rotatable bonds is 4. The van der Waals surface area contributed by atoms with Gasteiger partial charge in [0, 0.05) is 12.0 Å². The van der Waals surface area contributed by atoms with Gasteiger partial charge in [-0.1, -0.05) is 19.3 Å².